The lowest BCUT2D eigenvalue weighted by atomic mass is 9.89. The molecule has 0 aliphatic heterocycles. The third-order valence-electron chi connectivity index (χ3n) is 3.13. The molecular formula is C11H14O2S. The molecule has 1 heterocycles. The van der Waals surface area contributed by atoms with E-state index in [9.17, 15) is 4.79 Å². The van der Waals surface area contributed by atoms with E-state index in [4.69, 9.17) is 5.11 Å². The zero-order valence-corrected chi connectivity index (χ0v) is 9.01. The number of carbonyl (C=O) groups is 1. The molecular weight excluding hydrogens is 196 g/mol. The van der Waals surface area contributed by atoms with Crippen LogP contribution in [-0.4, -0.2) is 11.1 Å². The normalized spacial score (nSPS) is 26.6. The van der Waals surface area contributed by atoms with Crippen LogP contribution in [0.3, 0.4) is 0 Å². The summed E-state index contributed by atoms with van der Waals surface area (Å²) in [5.41, 5.74) is 1.26. The van der Waals surface area contributed by atoms with Crippen LogP contribution in [0.2, 0.25) is 0 Å². The van der Waals surface area contributed by atoms with E-state index >= 15 is 0 Å². The number of aliphatic carboxylic acids is 1. The summed E-state index contributed by atoms with van der Waals surface area (Å²) in [4.78, 5) is 12.3. The minimum absolute atomic E-state index is 0.150. The van der Waals surface area contributed by atoms with Crippen molar-refractivity contribution in [1.82, 2.24) is 0 Å². The van der Waals surface area contributed by atoms with Gasteiger partial charge in [0.2, 0.25) is 0 Å². The van der Waals surface area contributed by atoms with Gasteiger partial charge in [-0.15, -0.1) is 11.3 Å². The second kappa shape index (κ2) is 3.73. The molecule has 0 aromatic carbocycles. The van der Waals surface area contributed by atoms with E-state index in [1.54, 1.807) is 11.3 Å². The second-order valence-electron chi connectivity index (χ2n) is 3.91. The molecule has 0 saturated heterocycles. The zero-order chi connectivity index (χ0) is 10.1. The van der Waals surface area contributed by atoms with Gasteiger partial charge in [0, 0.05) is 4.88 Å². The van der Waals surface area contributed by atoms with Gasteiger partial charge < -0.3 is 5.11 Å². The van der Waals surface area contributed by atoms with Crippen LogP contribution in [0.15, 0.2) is 11.4 Å². The van der Waals surface area contributed by atoms with Crippen LogP contribution in [0.5, 0.6) is 0 Å². The summed E-state index contributed by atoms with van der Waals surface area (Å²) >= 11 is 1.71. The fourth-order valence-electron chi connectivity index (χ4n) is 2.41. The Hall–Kier alpha value is -0.830. The van der Waals surface area contributed by atoms with Crippen molar-refractivity contribution in [3.8, 4) is 0 Å². The predicted molar refractivity (Wildman–Crippen MR) is 56.8 cm³/mol. The number of hydrogen-bond acceptors (Lipinski definition) is 2. The van der Waals surface area contributed by atoms with Crippen LogP contribution >= 0.6 is 11.3 Å². The molecule has 3 heteroatoms. The summed E-state index contributed by atoms with van der Waals surface area (Å²) in [6.07, 6.45) is 2.93. The molecule has 1 N–H and O–H groups in total. The van der Waals surface area contributed by atoms with Crippen LogP contribution in [0, 0.1) is 12.8 Å². The van der Waals surface area contributed by atoms with Gasteiger partial charge in [0.1, 0.15) is 0 Å². The summed E-state index contributed by atoms with van der Waals surface area (Å²) in [6, 6.07) is 2.09. The average molecular weight is 210 g/mol. The van der Waals surface area contributed by atoms with Gasteiger partial charge in [0.25, 0.3) is 0 Å². The van der Waals surface area contributed by atoms with E-state index in [1.165, 1.54) is 10.4 Å². The summed E-state index contributed by atoms with van der Waals surface area (Å²) in [6.45, 7) is 2.08. The van der Waals surface area contributed by atoms with Crippen molar-refractivity contribution in [2.45, 2.75) is 32.1 Å². The number of hydrogen-bond donors (Lipinski definition) is 1. The molecule has 1 saturated carbocycles. The Morgan fingerprint density at radius 2 is 2.36 bits per heavy atom. The van der Waals surface area contributed by atoms with E-state index in [2.05, 4.69) is 18.4 Å². The van der Waals surface area contributed by atoms with Crippen LogP contribution in [0.25, 0.3) is 0 Å². The third-order valence-corrected chi connectivity index (χ3v) is 3.99. The van der Waals surface area contributed by atoms with Gasteiger partial charge >= 0.3 is 5.97 Å². The Labute approximate surface area is 87.6 Å². The highest BCUT2D eigenvalue weighted by molar-refractivity contribution is 7.10. The average Bonchev–Trinajstić information content (AvgIpc) is 2.70. The monoisotopic (exact) mass is 210 g/mol. The van der Waals surface area contributed by atoms with Gasteiger partial charge in [-0.3, -0.25) is 4.79 Å². The number of aryl methyl sites for hydroxylation is 1. The fourth-order valence-corrected chi connectivity index (χ4v) is 3.18. The lowest BCUT2D eigenvalue weighted by Crippen LogP contribution is -2.16. The first-order chi connectivity index (χ1) is 6.70. The SMILES string of the molecule is Cc1sccc1C1CCCC1C(=O)O. The molecule has 2 unspecified atom stereocenters. The molecule has 1 aromatic heterocycles. The summed E-state index contributed by atoms with van der Waals surface area (Å²) in [7, 11) is 0. The lowest BCUT2D eigenvalue weighted by molar-refractivity contribution is -0.142. The summed E-state index contributed by atoms with van der Waals surface area (Å²) in [5, 5.41) is 11.1. The minimum atomic E-state index is -0.627. The van der Waals surface area contributed by atoms with E-state index in [-0.39, 0.29) is 11.8 Å². The molecule has 0 spiro atoms. The van der Waals surface area contributed by atoms with Crippen molar-refractivity contribution >= 4 is 17.3 Å². The van der Waals surface area contributed by atoms with Gasteiger partial charge in [0.05, 0.1) is 5.92 Å². The Morgan fingerprint density at radius 3 is 2.93 bits per heavy atom. The topological polar surface area (TPSA) is 37.3 Å². The molecule has 2 rings (SSSR count). The summed E-state index contributed by atoms with van der Waals surface area (Å²) < 4.78 is 0. The molecule has 0 amide bonds. The van der Waals surface area contributed by atoms with Gasteiger partial charge in [0.15, 0.2) is 0 Å². The maximum atomic E-state index is 11.0. The highest BCUT2D eigenvalue weighted by Crippen LogP contribution is 2.41. The maximum absolute atomic E-state index is 11.0. The van der Waals surface area contributed by atoms with Crippen LogP contribution < -0.4 is 0 Å². The Morgan fingerprint density at radius 1 is 1.57 bits per heavy atom. The number of thiophene rings is 1. The van der Waals surface area contributed by atoms with Crippen molar-refractivity contribution in [1.29, 1.82) is 0 Å². The molecule has 2 nitrogen and oxygen atoms in total. The number of carboxylic acid groups (broad SMARTS) is 1. The molecule has 1 aromatic rings. The Bertz CT molecular complexity index is 343. The number of rotatable bonds is 2. The highest BCUT2D eigenvalue weighted by Gasteiger charge is 2.34. The van der Waals surface area contributed by atoms with Gasteiger partial charge in [-0.1, -0.05) is 6.42 Å². The molecule has 2 atom stereocenters. The predicted octanol–water partition coefficient (Wildman–Crippen LogP) is 3.02. The molecule has 0 bridgehead atoms. The third kappa shape index (κ3) is 1.57. The van der Waals surface area contributed by atoms with Crippen LogP contribution in [0.1, 0.15) is 35.6 Å². The fraction of sp³-hybridized carbons (Fsp3) is 0.545. The second-order valence-corrected chi connectivity index (χ2v) is 5.03. The van der Waals surface area contributed by atoms with Gasteiger partial charge in [-0.25, -0.2) is 0 Å². The minimum Gasteiger partial charge on any atom is -0.481 e. The van der Waals surface area contributed by atoms with E-state index in [0.717, 1.165) is 19.3 Å². The smallest absolute Gasteiger partial charge is 0.307 e. The van der Waals surface area contributed by atoms with Crippen LogP contribution in [0.4, 0.5) is 0 Å². The van der Waals surface area contributed by atoms with Crippen molar-refractivity contribution in [2.75, 3.05) is 0 Å². The van der Waals surface area contributed by atoms with Gasteiger partial charge in [-0.2, -0.15) is 0 Å². The first kappa shape index (κ1) is 9.71. The van der Waals surface area contributed by atoms with E-state index in [0.29, 0.717) is 0 Å². The maximum Gasteiger partial charge on any atom is 0.307 e. The Balaban J connectivity index is 2.26. The summed E-state index contributed by atoms with van der Waals surface area (Å²) in [5.74, 6) is -0.514. The quantitative estimate of drug-likeness (QED) is 0.814. The van der Waals surface area contributed by atoms with Gasteiger partial charge in [-0.05, 0) is 42.7 Å². The van der Waals surface area contributed by atoms with Crippen LogP contribution in [-0.2, 0) is 4.79 Å². The molecule has 1 aliphatic rings. The van der Waals surface area contributed by atoms with Crippen molar-refractivity contribution < 1.29 is 9.90 Å². The van der Waals surface area contributed by atoms with E-state index < -0.39 is 5.97 Å². The molecule has 0 radical (unpaired) electrons. The first-order valence-electron chi connectivity index (χ1n) is 4.97. The molecule has 1 aliphatic carbocycles. The Kier molecular flexibility index (Phi) is 2.59. The van der Waals surface area contributed by atoms with E-state index in [1.807, 2.05) is 0 Å². The lowest BCUT2D eigenvalue weighted by Gasteiger charge is -2.15. The molecule has 76 valence electrons. The number of carboxylic acids is 1. The van der Waals surface area contributed by atoms with Crippen molar-refractivity contribution in [2.24, 2.45) is 5.92 Å². The standard InChI is InChI=1S/C11H14O2S/c1-7-8(5-6-14-7)9-3-2-4-10(9)11(12)13/h5-6,9-10H,2-4H2,1H3,(H,12,13). The highest BCUT2D eigenvalue weighted by atomic mass is 32.1. The first-order valence-corrected chi connectivity index (χ1v) is 5.85. The van der Waals surface area contributed by atoms with Crippen molar-refractivity contribution in [3.63, 3.8) is 0 Å². The zero-order valence-electron chi connectivity index (χ0n) is 8.19. The molecule has 1 fully saturated rings. The van der Waals surface area contributed by atoms with Crippen molar-refractivity contribution in [3.05, 3.63) is 21.9 Å². The molecule has 14 heavy (non-hydrogen) atoms. The largest absolute Gasteiger partial charge is 0.481 e.